The molecule has 0 fully saturated rings. The van der Waals surface area contributed by atoms with Crippen LogP contribution in [0.3, 0.4) is 0 Å². The Balaban J connectivity index is 0. The molecular weight excluding hydrogens is 170 g/mol. The molecule has 0 aliphatic rings. The summed E-state index contributed by atoms with van der Waals surface area (Å²) in [4.78, 5) is 12.0. The van der Waals surface area contributed by atoms with Crippen LogP contribution in [0.15, 0.2) is 24.4 Å². The van der Waals surface area contributed by atoms with Gasteiger partial charge in [-0.1, -0.05) is 12.4 Å². The summed E-state index contributed by atoms with van der Waals surface area (Å²) >= 11 is 0. The normalized spacial score (nSPS) is 6.00. The fraction of sp³-hybridized carbons (Fsp3) is 0. The van der Waals surface area contributed by atoms with Gasteiger partial charge in [0.1, 0.15) is 0 Å². The van der Waals surface area contributed by atoms with Gasteiger partial charge in [-0.15, -0.1) is 0 Å². The molecule has 0 atom stereocenters. The molecule has 0 amide bonds. The quantitative estimate of drug-likeness (QED) is 0.464. The molecule has 3 nitrogen and oxygen atoms in total. The largest absolute Gasteiger partial charge is 0.483 e. The van der Waals surface area contributed by atoms with Gasteiger partial charge in [-0.25, -0.2) is 0 Å². The molecule has 1 rings (SSSR count). The van der Waals surface area contributed by atoms with Crippen molar-refractivity contribution in [3.63, 3.8) is 0 Å². The van der Waals surface area contributed by atoms with Gasteiger partial charge < -0.3 is 10.1 Å². The molecule has 4 heteroatoms. The van der Waals surface area contributed by atoms with Crippen molar-refractivity contribution in [2.75, 3.05) is 0 Å². The first-order valence-corrected chi connectivity index (χ1v) is 2.26. The van der Waals surface area contributed by atoms with E-state index in [0.717, 1.165) is 0 Å². The average molecular weight is 176 g/mol. The standard InChI is InChI=1S/C5H4N.CH2O2.Cr/c1-2-4-6-5-3-1;2-1-3;/h1-4H;1H,(H,2,3);/q-1;;. The topological polar surface area (TPSA) is 50.2 Å². The summed E-state index contributed by atoms with van der Waals surface area (Å²) in [5.74, 6) is 0. The SMILES string of the molecule is O=CO.[Cr].[c-]1ccccn1. The Hall–Kier alpha value is -0.848. The van der Waals surface area contributed by atoms with Crippen molar-refractivity contribution >= 4 is 6.47 Å². The van der Waals surface area contributed by atoms with Gasteiger partial charge in [-0.05, 0) is 0 Å². The van der Waals surface area contributed by atoms with Crippen LogP contribution < -0.4 is 0 Å². The monoisotopic (exact) mass is 176 g/mol. The van der Waals surface area contributed by atoms with E-state index >= 15 is 0 Å². The molecule has 1 aromatic heterocycles. The van der Waals surface area contributed by atoms with Gasteiger partial charge in [0.05, 0.1) is 0 Å². The zero-order chi connectivity index (χ0) is 6.95. The number of nitrogens with zero attached hydrogens (tertiary/aromatic N) is 1. The van der Waals surface area contributed by atoms with Crippen LogP contribution in [0.4, 0.5) is 0 Å². The van der Waals surface area contributed by atoms with Gasteiger partial charge in [0.25, 0.3) is 6.47 Å². The minimum Gasteiger partial charge on any atom is -0.483 e. The van der Waals surface area contributed by atoms with Crippen molar-refractivity contribution in [1.29, 1.82) is 0 Å². The number of aromatic nitrogens is 1. The number of carbonyl (C=O) groups is 1. The van der Waals surface area contributed by atoms with Crippen LogP contribution in [0.1, 0.15) is 0 Å². The molecular formula is C6H6CrNO2-. The second-order valence-electron chi connectivity index (χ2n) is 1.06. The van der Waals surface area contributed by atoms with Crippen LogP contribution in [-0.4, -0.2) is 16.6 Å². The van der Waals surface area contributed by atoms with Crippen LogP contribution in [0.25, 0.3) is 0 Å². The van der Waals surface area contributed by atoms with Crippen molar-refractivity contribution in [1.82, 2.24) is 4.98 Å². The fourth-order valence-corrected chi connectivity index (χ4v) is 0.277. The molecule has 0 aliphatic carbocycles. The second kappa shape index (κ2) is 11.0. The van der Waals surface area contributed by atoms with Crippen molar-refractivity contribution in [2.45, 2.75) is 0 Å². The first-order chi connectivity index (χ1) is 4.41. The summed E-state index contributed by atoms with van der Waals surface area (Å²) in [6, 6.07) is 5.50. The number of hydrogen-bond acceptors (Lipinski definition) is 2. The third kappa shape index (κ3) is 10.2. The van der Waals surface area contributed by atoms with E-state index in [4.69, 9.17) is 9.90 Å². The van der Waals surface area contributed by atoms with Gasteiger partial charge in [0.15, 0.2) is 0 Å². The van der Waals surface area contributed by atoms with Crippen LogP contribution in [0.2, 0.25) is 0 Å². The molecule has 10 heavy (non-hydrogen) atoms. The third-order valence-corrected chi connectivity index (χ3v) is 0.517. The summed E-state index contributed by atoms with van der Waals surface area (Å²) in [5.41, 5.74) is 0. The summed E-state index contributed by atoms with van der Waals surface area (Å²) in [6.07, 6.45) is 4.34. The van der Waals surface area contributed by atoms with E-state index in [1.54, 1.807) is 12.3 Å². The summed E-state index contributed by atoms with van der Waals surface area (Å²) in [5, 5.41) is 6.89. The Morgan fingerprint density at radius 1 is 1.50 bits per heavy atom. The van der Waals surface area contributed by atoms with Crippen LogP contribution in [0.5, 0.6) is 0 Å². The van der Waals surface area contributed by atoms with E-state index in [9.17, 15) is 0 Å². The summed E-state index contributed by atoms with van der Waals surface area (Å²) < 4.78 is 0. The number of carboxylic acid groups (broad SMARTS) is 1. The maximum atomic E-state index is 8.36. The smallest absolute Gasteiger partial charge is 0.290 e. The molecule has 1 heterocycles. The van der Waals surface area contributed by atoms with Gasteiger partial charge in [0, 0.05) is 17.4 Å². The first kappa shape index (κ1) is 11.9. The molecule has 0 aromatic carbocycles. The van der Waals surface area contributed by atoms with Crippen molar-refractivity contribution in [2.24, 2.45) is 0 Å². The number of rotatable bonds is 0. The van der Waals surface area contributed by atoms with E-state index in [0.29, 0.717) is 0 Å². The maximum Gasteiger partial charge on any atom is 0.290 e. The Kier molecular flexibility index (Phi) is 13.1. The van der Waals surface area contributed by atoms with Gasteiger partial charge in [-0.2, -0.15) is 18.2 Å². The van der Waals surface area contributed by atoms with E-state index < -0.39 is 0 Å². The molecule has 1 aromatic rings. The molecule has 54 valence electrons. The van der Waals surface area contributed by atoms with E-state index in [2.05, 4.69) is 11.2 Å². The number of pyridine rings is 1. The summed E-state index contributed by atoms with van der Waals surface area (Å²) in [7, 11) is 0. The van der Waals surface area contributed by atoms with Gasteiger partial charge in [-0.3, -0.25) is 4.79 Å². The second-order valence-corrected chi connectivity index (χ2v) is 1.06. The Bertz CT molecular complexity index is 119. The van der Waals surface area contributed by atoms with Crippen LogP contribution in [0, 0.1) is 6.20 Å². The molecule has 0 bridgehead atoms. The minimum atomic E-state index is -0.250. The zero-order valence-electron chi connectivity index (χ0n) is 5.10. The Morgan fingerprint density at radius 2 is 2.10 bits per heavy atom. The van der Waals surface area contributed by atoms with Crippen LogP contribution in [-0.2, 0) is 22.2 Å². The van der Waals surface area contributed by atoms with E-state index in [1.165, 1.54) is 0 Å². The third-order valence-electron chi connectivity index (χ3n) is 0.517. The van der Waals surface area contributed by atoms with Gasteiger partial charge in [0.2, 0.25) is 0 Å². The molecule has 1 N–H and O–H groups in total. The molecule has 0 aliphatic heterocycles. The fourth-order valence-electron chi connectivity index (χ4n) is 0.277. The Morgan fingerprint density at radius 3 is 2.20 bits per heavy atom. The predicted molar refractivity (Wildman–Crippen MR) is 31.8 cm³/mol. The van der Waals surface area contributed by atoms with Gasteiger partial charge >= 0.3 is 0 Å². The zero-order valence-corrected chi connectivity index (χ0v) is 6.37. The molecule has 0 radical (unpaired) electrons. The average Bonchev–Trinajstić information content (AvgIpc) is 1.93. The van der Waals surface area contributed by atoms with Crippen molar-refractivity contribution in [3.8, 4) is 0 Å². The van der Waals surface area contributed by atoms with E-state index in [1.807, 2.05) is 12.1 Å². The maximum absolute atomic E-state index is 8.36. The minimum absolute atomic E-state index is 0. The number of hydrogen-bond donors (Lipinski definition) is 1. The van der Waals surface area contributed by atoms with Crippen LogP contribution >= 0.6 is 0 Å². The summed E-state index contributed by atoms with van der Waals surface area (Å²) in [6.45, 7) is -0.250. The Labute approximate surface area is 69.9 Å². The first-order valence-electron chi connectivity index (χ1n) is 2.26. The molecule has 0 saturated heterocycles. The molecule has 0 unspecified atom stereocenters. The predicted octanol–water partition coefficient (Wildman–Crippen LogP) is 0.580. The van der Waals surface area contributed by atoms with E-state index in [-0.39, 0.29) is 23.8 Å². The molecule has 0 spiro atoms. The van der Waals surface area contributed by atoms with Crippen molar-refractivity contribution in [3.05, 3.63) is 30.6 Å². The molecule has 0 saturated carbocycles. The van der Waals surface area contributed by atoms with Crippen molar-refractivity contribution < 1.29 is 27.3 Å².